The van der Waals surface area contributed by atoms with E-state index in [0.29, 0.717) is 16.7 Å². The Morgan fingerprint density at radius 3 is 2.41 bits per heavy atom. The maximum Gasteiger partial charge on any atom is 0.573 e. The van der Waals surface area contributed by atoms with Gasteiger partial charge in [-0.25, -0.2) is 14.5 Å². The molecule has 1 N–H and O–H groups in total. The van der Waals surface area contributed by atoms with E-state index in [9.17, 15) is 18.0 Å². The highest BCUT2D eigenvalue weighted by molar-refractivity contribution is 8.14. The van der Waals surface area contributed by atoms with Crippen LogP contribution in [0.15, 0.2) is 78.0 Å². The number of amidine groups is 1. The average Bonchev–Trinajstić information content (AvgIpc) is 3.64. The SMILES string of the molecule is COc1ccc(C(C)C)c(N2CCCSC2=NC(=O)NC2(c3ccc(-c4ncn(-c5ccc(OC(F)(F)F)cc5)n4)cc3)CC2)c1. The highest BCUT2D eigenvalue weighted by Crippen LogP contribution is 2.46. The summed E-state index contributed by atoms with van der Waals surface area (Å²) in [5.41, 5.74) is 3.95. The minimum atomic E-state index is -4.76. The number of amides is 2. The molecule has 4 aromatic rings. The summed E-state index contributed by atoms with van der Waals surface area (Å²) in [6.45, 7) is 5.06. The molecule has 1 saturated carbocycles. The number of nitrogens with zero attached hydrogens (tertiary/aromatic N) is 5. The Morgan fingerprint density at radius 1 is 1.04 bits per heavy atom. The molecule has 1 saturated heterocycles. The van der Waals surface area contributed by atoms with Crippen LogP contribution in [0.4, 0.5) is 23.7 Å². The van der Waals surface area contributed by atoms with Crippen molar-refractivity contribution in [2.24, 2.45) is 4.99 Å². The van der Waals surface area contributed by atoms with Crippen LogP contribution in [0.5, 0.6) is 11.5 Å². The molecule has 46 heavy (non-hydrogen) atoms. The van der Waals surface area contributed by atoms with Crippen LogP contribution in [0.3, 0.4) is 0 Å². The minimum Gasteiger partial charge on any atom is -0.497 e. The Bertz CT molecular complexity index is 1730. The first-order valence-corrected chi connectivity index (χ1v) is 15.9. The standard InChI is InChI=1S/C33H33F3N6O3S/c1-21(2)27-14-13-26(44-3)19-28(27)41-17-4-18-46-31(41)38-30(43)39-32(15-16-32)23-7-5-22(6-8-23)29-37-20-42(40-29)24-9-11-25(12-10-24)45-33(34,35)36/h5-14,19-21H,4,15-18H2,1-3H3,(H,39,43). The number of aromatic nitrogens is 3. The largest absolute Gasteiger partial charge is 0.573 e. The van der Waals surface area contributed by atoms with Crippen LogP contribution < -0.4 is 19.7 Å². The van der Waals surface area contributed by atoms with Crippen molar-refractivity contribution in [2.45, 2.75) is 50.9 Å². The van der Waals surface area contributed by atoms with Crippen molar-refractivity contribution in [3.8, 4) is 28.6 Å². The maximum absolute atomic E-state index is 13.3. The number of anilines is 1. The fraction of sp³-hybridized carbons (Fsp3) is 0.333. The zero-order valence-electron chi connectivity index (χ0n) is 25.5. The van der Waals surface area contributed by atoms with E-state index in [2.05, 4.69) is 49.9 Å². The smallest absolute Gasteiger partial charge is 0.497 e. The van der Waals surface area contributed by atoms with E-state index in [1.54, 1.807) is 18.9 Å². The Kier molecular flexibility index (Phi) is 8.69. The molecule has 2 fully saturated rings. The second kappa shape index (κ2) is 12.7. The second-order valence-corrected chi connectivity index (χ2v) is 12.5. The first kappa shape index (κ1) is 31.5. The normalized spacial score (nSPS) is 16.8. The van der Waals surface area contributed by atoms with Crippen molar-refractivity contribution in [1.82, 2.24) is 20.1 Å². The lowest BCUT2D eigenvalue weighted by atomic mass is 10.00. The summed E-state index contributed by atoms with van der Waals surface area (Å²) in [7, 11) is 1.65. The van der Waals surface area contributed by atoms with Gasteiger partial charge in [-0.3, -0.25) is 0 Å². The molecule has 240 valence electrons. The van der Waals surface area contributed by atoms with Gasteiger partial charge in [0.25, 0.3) is 0 Å². The summed E-state index contributed by atoms with van der Waals surface area (Å²) in [5, 5.41) is 8.31. The third-order valence-corrected chi connectivity index (χ3v) is 9.02. The minimum absolute atomic E-state index is 0.290. The summed E-state index contributed by atoms with van der Waals surface area (Å²) < 4.78 is 48.3. The average molecular weight is 651 g/mol. The van der Waals surface area contributed by atoms with E-state index in [1.165, 1.54) is 40.8 Å². The zero-order chi connectivity index (χ0) is 32.5. The Morgan fingerprint density at radius 2 is 1.76 bits per heavy atom. The Labute approximate surface area is 268 Å². The molecule has 0 bridgehead atoms. The molecule has 0 atom stereocenters. The molecule has 1 aromatic heterocycles. The summed E-state index contributed by atoms with van der Waals surface area (Å²) in [4.78, 5) is 24.4. The fourth-order valence-corrected chi connectivity index (χ4v) is 6.39. The third kappa shape index (κ3) is 6.99. The van der Waals surface area contributed by atoms with Gasteiger partial charge in [0.05, 0.1) is 18.3 Å². The van der Waals surface area contributed by atoms with E-state index < -0.39 is 11.9 Å². The van der Waals surface area contributed by atoms with Crippen molar-refractivity contribution < 1.29 is 27.4 Å². The van der Waals surface area contributed by atoms with Gasteiger partial charge in [0, 0.05) is 29.6 Å². The predicted molar refractivity (Wildman–Crippen MR) is 172 cm³/mol. The molecule has 0 spiro atoms. The molecule has 0 radical (unpaired) electrons. The fourth-order valence-electron chi connectivity index (χ4n) is 5.44. The van der Waals surface area contributed by atoms with Crippen LogP contribution in [0, 0.1) is 0 Å². The quantitative estimate of drug-likeness (QED) is 0.209. The van der Waals surface area contributed by atoms with Gasteiger partial charge in [-0.05, 0) is 66.6 Å². The number of benzene rings is 3. The van der Waals surface area contributed by atoms with Crippen molar-refractivity contribution in [3.05, 3.63) is 84.2 Å². The van der Waals surface area contributed by atoms with Gasteiger partial charge in [0.2, 0.25) is 0 Å². The molecule has 13 heteroatoms. The Balaban J connectivity index is 1.15. The summed E-state index contributed by atoms with van der Waals surface area (Å²) in [6.07, 6.45) is -0.684. The summed E-state index contributed by atoms with van der Waals surface area (Å²) in [6, 6.07) is 18.7. The first-order valence-electron chi connectivity index (χ1n) is 14.9. The lowest BCUT2D eigenvalue weighted by molar-refractivity contribution is -0.274. The molecule has 0 unspecified atom stereocenters. The van der Waals surface area contributed by atoms with Crippen LogP contribution in [0.25, 0.3) is 17.1 Å². The lowest BCUT2D eigenvalue weighted by Gasteiger charge is -2.32. The molecular weight excluding hydrogens is 617 g/mol. The number of methoxy groups -OCH3 is 1. The monoisotopic (exact) mass is 650 g/mol. The van der Waals surface area contributed by atoms with Crippen LogP contribution in [-0.4, -0.2) is 51.7 Å². The number of carbonyl (C=O) groups is 1. The van der Waals surface area contributed by atoms with E-state index in [0.717, 1.165) is 54.1 Å². The van der Waals surface area contributed by atoms with Gasteiger partial charge in [0.1, 0.15) is 17.8 Å². The number of halogens is 3. The molecule has 2 aliphatic rings. The van der Waals surface area contributed by atoms with Crippen molar-refractivity contribution in [2.75, 3.05) is 24.3 Å². The topological polar surface area (TPSA) is 93.9 Å². The molecular formula is C33H33F3N6O3S. The molecule has 6 rings (SSSR count). The molecule has 9 nitrogen and oxygen atoms in total. The molecule has 3 aromatic carbocycles. The number of thioether (sulfide) groups is 1. The first-order chi connectivity index (χ1) is 22.0. The predicted octanol–water partition coefficient (Wildman–Crippen LogP) is 7.66. The maximum atomic E-state index is 13.3. The van der Waals surface area contributed by atoms with Gasteiger partial charge in [-0.2, -0.15) is 4.99 Å². The van der Waals surface area contributed by atoms with Gasteiger partial charge >= 0.3 is 12.4 Å². The highest BCUT2D eigenvalue weighted by Gasteiger charge is 2.46. The number of ether oxygens (including phenoxy) is 2. The molecule has 2 amide bonds. The number of alkyl halides is 3. The number of hydrogen-bond donors (Lipinski definition) is 1. The van der Waals surface area contributed by atoms with E-state index >= 15 is 0 Å². The van der Waals surface area contributed by atoms with Gasteiger partial charge in [-0.15, -0.1) is 18.3 Å². The van der Waals surface area contributed by atoms with Crippen molar-refractivity contribution in [1.29, 1.82) is 0 Å². The number of carbonyl (C=O) groups excluding carboxylic acids is 1. The van der Waals surface area contributed by atoms with Crippen LogP contribution in [0.1, 0.15) is 50.2 Å². The lowest BCUT2D eigenvalue weighted by Crippen LogP contribution is -2.38. The van der Waals surface area contributed by atoms with Crippen molar-refractivity contribution in [3.63, 3.8) is 0 Å². The van der Waals surface area contributed by atoms with Crippen LogP contribution >= 0.6 is 11.8 Å². The number of aliphatic imine (C=N–C) groups is 1. The number of rotatable bonds is 8. The summed E-state index contributed by atoms with van der Waals surface area (Å²) in [5.74, 6) is 2.08. The zero-order valence-corrected chi connectivity index (χ0v) is 26.4. The number of urea groups is 1. The van der Waals surface area contributed by atoms with Gasteiger partial charge in [-0.1, -0.05) is 55.9 Å². The molecule has 1 aliphatic heterocycles. The second-order valence-electron chi connectivity index (χ2n) is 11.5. The number of hydrogen-bond acceptors (Lipinski definition) is 6. The third-order valence-electron chi connectivity index (χ3n) is 7.95. The van der Waals surface area contributed by atoms with Gasteiger partial charge < -0.3 is 19.7 Å². The van der Waals surface area contributed by atoms with E-state index in [1.807, 2.05) is 36.4 Å². The van der Waals surface area contributed by atoms with Crippen LogP contribution in [0.2, 0.25) is 0 Å². The van der Waals surface area contributed by atoms with E-state index in [4.69, 9.17) is 4.74 Å². The highest BCUT2D eigenvalue weighted by atomic mass is 32.2. The van der Waals surface area contributed by atoms with Crippen LogP contribution in [-0.2, 0) is 5.54 Å². The molecule has 1 aliphatic carbocycles. The van der Waals surface area contributed by atoms with E-state index in [-0.39, 0.29) is 17.7 Å². The van der Waals surface area contributed by atoms with Crippen molar-refractivity contribution >= 4 is 28.6 Å². The Hall–Kier alpha value is -4.52. The summed E-state index contributed by atoms with van der Waals surface area (Å²) >= 11 is 1.58. The number of nitrogens with one attached hydrogen (secondary N) is 1. The van der Waals surface area contributed by atoms with Gasteiger partial charge in [0.15, 0.2) is 11.0 Å². The molecule has 2 heterocycles.